The molecule has 1 saturated carbocycles. The summed E-state index contributed by atoms with van der Waals surface area (Å²) in [6, 6.07) is 6.05. The molecule has 0 aliphatic heterocycles. The minimum Gasteiger partial charge on any atom is -0.501 e. The zero-order chi connectivity index (χ0) is 13.0. The first-order valence-electron chi connectivity index (χ1n) is 6.18. The first-order chi connectivity index (χ1) is 8.69. The van der Waals surface area contributed by atoms with Crippen LogP contribution >= 0.6 is 0 Å². The third kappa shape index (κ3) is 3.56. The first-order valence-corrected chi connectivity index (χ1v) is 6.18. The van der Waals surface area contributed by atoms with Gasteiger partial charge in [0.15, 0.2) is 0 Å². The van der Waals surface area contributed by atoms with E-state index in [9.17, 15) is 0 Å². The van der Waals surface area contributed by atoms with E-state index in [-0.39, 0.29) is 0 Å². The molecule has 1 aromatic carbocycles. The highest BCUT2D eigenvalue weighted by Gasteiger charge is 2.17. The van der Waals surface area contributed by atoms with E-state index < -0.39 is 0 Å². The average molecular weight is 242 g/mol. The number of ether oxygens (including phenoxy) is 2. The summed E-state index contributed by atoms with van der Waals surface area (Å²) >= 11 is 0. The first kappa shape index (κ1) is 12.6. The van der Waals surface area contributed by atoms with Gasteiger partial charge in [-0.05, 0) is 44.4 Å². The van der Waals surface area contributed by atoms with Gasteiger partial charge in [0.25, 0.3) is 0 Å². The Balaban J connectivity index is 2.16. The molecule has 1 aliphatic carbocycles. The fourth-order valence-corrected chi connectivity index (χ4v) is 1.56. The second kappa shape index (κ2) is 5.64. The van der Waals surface area contributed by atoms with Gasteiger partial charge in [-0.1, -0.05) is 17.9 Å². The van der Waals surface area contributed by atoms with E-state index in [1.165, 1.54) is 12.8 Å². The van der Waals surface area contributed by atoms with Crippen molar-refractivity contribution in [3.63, 3.8) is 0 Å². The molecule has 1 fully saturated rings. The van der Waals surface area contributed by atoms with E-state index in [1.54, 1.807) is 13.4 Å². The molecule has 94 valence electrons. The number of hydrogen-bond acceptors (Lipinski definition) is 2. The van der Waals surface area contributed by atoms with Gasteiger partial charge >= 0.3 is 0 Å². The van der Waals surface area contributed by atoms with Crippen LogP contribution in [0.2, 0.25) is 0 Å². The fourth-order valence-electron chi connectivity index (χ4n) is 1.56. The smallest absolute Gasteiger partial charge is 0.135 e. The van der Waals surface area contributed by atoms with Crippen molar-refractivity contribution in [1.29, 1.82) is 0 Å². The molecule has 0 amide bonds. The summed E-state index contributed by atoms with van der Waals surface area (Å²) in [7, 11) is 1.61. The molecule has 1 aromatic rings. The summed E-state index contributed by atoms with van der Waals surface area (Å²) in [6.07, 6.45) is 4.08. The molecule has 0 spiro atoms. The van der Waals surface area contributed by atoms with E-state index in [0.717, 1.165) is 22.6 Å². The van der Waals surface area contributed by atoms with Gasteiger partial charge in [0.1, 0.15) is 17.8 Å². The number of rotatable bonds is 3. The molecule has 0 N–H and O–H groups in total. The SMILES string of the molecule is CO/C=C(\C)Oc1cc(C#CC2CC2)ccc1C. The van der Waals surface area contributed by atoms with Crippen molar-refractivity contribution < 1.29 is 9.47 Å². The van der Waals surface area contributed by atoms with E-state index in [1.807, 2.05) is 32.0 Å². The van der Waals surface area contributed by atoms with Crippen LogP contribution in [-0.2, 0) is 4.74 Å². The predicted octanol–water partition coefficient (Wildman–Crippen LogP) is 3.64. The van der Waals surface area contributed by atoms with Crippen LogP contribution in [0.5, 0.6) is 5.75 Å². The third-order valence-corrected chi connectivity index (χ3v) is 2.74. The van der Waals surface area contributed by atoms with Gasteiger partial charge in [0.2, 0.25) is 0 Å². The van der Waals surface area contributed by atoms with E-state index in [2.05, 4.69) is 11.8 Å². The van der Waals surface area contributed by atoms with Crippen molar-refractivity contribution in [1.82, 2.24) is 0 Å². The van der Waals surface area contributed by atoms with Crippen LogP contribution in [0.4, 0.5) is 0 Å². The molecule has 0 heterocycles. The molecule has 0 atom stereocenters. The molecule has 0 bridgehead atoms. The average Bonchev–Trinajstić information content (AvgIpc) is 3.14. The number of aryl methyl sites for hydroxylation is 1. The molecule has 1 aliphatic rings. The lowest BCUT2D eigenvalue weighted by Crippen LogP contribution is -1.94. The molecule has 2 rings (SSSR count). The van der Waals surface area contributed by atoms with Crippen molar-refractivity contribution in [2.45, 2.75) is 26.7 Å². The maximum atomic E-state index is 5.72. The van der Waals surface area contributed by atoms with E-state index in [4.69, 9.17) is 9.47 Å². The summed E-state index contributed by atoms with van der Waals surface area (Å²) in [4.78, 5) is 0. The molecule has 0 saturated heterocycles. The van der Waals surface area contributed by atoms with Crippen LogP contribution in [0.25, 0.3) is 0 Å². The second-order valence-electron chi connectivity index (χ2n) is 4.59. The highest BCUT2D eigenvalue weighted by Crippen LogP contribution is 2.28. The van der Waals surface area contributed by atoms with Crippen molar-refractivity contribution in [3.05, 3.63) is 41.3 Å². The van der Waals surface area contributed by atoms with Gasteiger partial charge in [-0.3, -0.25) is 0 Å². The third-order valence-electron chi connectivity index (χ3n) is 2.74. The zero-order valence-corrected chi connectivity index (χ0v) is 11.1. The summed E-state index contributed by atoms with van der Waals surface area (Å²) in [5, 5.41) is 0. The Morgan fingerprint density at radius 2 is 2.17 bits per heavy atom. The van der Waals surface area contributed by atoms with Gasteiger partial charge in [-0.15, -0.1) is 0 Å². The lowest BCUT2D eigenvalue weighted by molar-refractivity contribution is 0.304. The molecular formula is C16H18O2. The van der Waals surface area contributed by atoms with Crippen molar-refractivity contribution in [3.8, 4) is 17.6 Å². The second-order valence-corrected chi connectivity index (χ2v) is 4.59. The minimum atomic E-state index is 0.616. The topological polar surface area (TPSA) is 18.5 Å². The Bertz CT molecular complexity index is 514. The van der Waals surface area contributed by atoms with Gasteiger partial charge in [-0.25, -0.2) is 0 Å². The van der Waals surface area contributed by atoms with Crippen LogP contribution in [0.15, 0.2) is 30.2 Å². The van der Waals surface area contributed by atoms with Crippen molar-refractivity contribution in [2.24, 2.45) is 5.92 Å². The molecule has 18 heavy (non-hydrogen) atoms. The van der Waals surface area contributed by atoms with Gasteiger partial charge < -0.3 is 9.47 Å². The molecule has 0 radical (unpaired) electrons. The number of benzene rings is 1. The Morgan fingerprint density at radius 1 is 1.39 bits per heavy atom. The maximum absolute atomic E-state index is 5.72. The van der Waals surface area contributed by atoms with Crippen LogP contribution in [0, 0.1) is 24.7 Å². The molecule has 2 heteroatoms. The van der Waals surface area contributed by atoms with Crippen LogP contribution < -0.4 is 4.74 Å². The van der Waals surface area contributed by atoms with E-state index >= 15 is 0 Å². The molecule has 0 unspecified atom stereocenters. The number of methoxy groups -OCH3 is 1. The number of allylic oxidation sites excluding steroid dienone is 1. The van der Waals surface area contributed by atoms with Crippen LogP contribution in [-0.4, -0.2) is 7.11 Å². The van der Waals surface area contributed by atoms with E-state index in [0.29, 0.717) is 5.92 Å². The highest BCUT2D eigenvalue weighted by atomic mass is 16.5. The Morgan fingerprint density at radius 3 is 2.83 bits per heavy atom. The lowest BCUT2D eigenvalue weighted by atomic mass is 10.1. The Labute approximate surface area is 109 Å². The van der Waals surface area contributed by atoms with Crippen LogP contribution in [0.1, 0.15) is 30.9 Å². The monoisotopic (exact) mass is 242 g/mol. The van der Waals surface area contributed by atoms with Gasteiger partial charge in [0.05, 0.1) is 7.11 Å². The standard InChI is InChI=1S/C16H18O2/c1-12-4-5-15(9-8-14-6-7-14)10-16(12)18-13(2)11-17-3/h4-5,10-11,14H,6-7H2,1-3H3/b13-11+. The van der Waals surface area contributed by atoms with Crippen LogP contribution in [0.3, 0.4) is 0 Å². The normalized spacial score (nSPS) is 14.7. The van der Waals surface area contributed by atoms with Gasteiger partial charge in [-0.2, -0.15) is 0 Å². The maximum Gasteiger partial charge on any atom is 0.135 e. The minimum absolute atomic E-state index is 0.616. The summed E-state index contributed by atoms with van der Waals surface area (Å²) < 4.78 is 10.6. The summed E-state index contributed by atoms with van der Waals surface area (Å²) in [5.74, 6) is 8.63. The Kier molecular flexibility index (Phi) is 3.94. The zero-order valence-electron chi connectivity index (χ0n) is 11.1. The van der Waals surface area contributed by atoms with Crippen molar-refractivity contribution >= 4 is 0 Å². The quantitative estimate of drug-likeness (QED) is 0.595. The fraction of sp³-hybridized carbons (Fsp3) is 0.375. The summed E-state index contributed by atoms with van der Waals surface area (Å²) in [6.45, 7) is 3.89. The Hall–Kier alpha value is -1.88. The number of hydrogen-bond donors (Lipinski definition) is 0. The highest BCUT2D eigenvalue weighted by molar-refractivity contribution is 5.45. The summed E-state index contributed by atoms with van der Waals surface area (Å²) in [5.41, 5.74) is 2.10. The molecule has 2 nitrogen and oxygen atoms in total. The molecule has 0 aromatic heterocycles. The lowest BCUT2D eigenvalue weighted by Gasteiger charge is -2.09. The largest absolute Gasteiger partial charge is 0.501 e. The predicted molar refractivity (Wildman–Crippen MR) is 72.2 cm³/mol. The van der Waals surface area contributed by atoms with Crippen molar-refractivity contribution in [2.75, 3.05) is 7.11 Å². The van der Waals surface area contributed by atoms with Gasteiger partial charge in [0, 0.05) is 11.5 Å². The molecular weight excluding hydrogens is 224 g/mol.